The molecule has 148 valence electrons. The number of benzene rings is 2. The van der Waals surface area contributed by atoms with E-state index >= 15 is 0 Å². The maximum atomic E-state index is 11.1. The van der Waals surface area contributed by atoms with Gasteiger partial charge in [-0.15, -0.1) is 0 Å². The number of carbonyl (C=O) groups excluding carboxylic acids is 2. The Labute approximate surface area is 167 Å². The summed E-state index contributed by atoms with van der Waals surface area (Å²) in [4.78, 5) is 30.6. The van der Waals surface area contributed by atoms with Crippen LogP contribution in [0.5, 0.6) is 0 Å². The molecule has 0 bridgehead atoms. The van der Waals surface area contributed by atoms with Crippen molar-refractivity contribution in [3.63, 3.8) is 0 Å². The maximum absolute atomic E-state index is 11.1. The van der Waals surface area contributed by atoms with Gasteiger partial charge in [0.2, 0.25) is 11.8 Å². The van der Waals surface area contributed by atoms with E-state index in [9.17, 15) is 9.59 Å². The van der Waals surface area contributed by atoms with E-state index in [0.717, 1.165) is 11.4 Å². The number of nitrogens with zero attached hydrogens (tertiary/aromatic N) is 2. The van der Waals surface area contributed by atoms with Gasteiger partial charge < -0.3 is 27.0 Å². The van der Waals surface area contributed by atoms with Crippen LogP contribution in [0.4, 0.5) is 40.1 Å². The Morgan fingerprint density at radius 3 is 1.38 bits per heavy atom. The summed E-state index contributed by atoms with van der Waals surface area (Å²) >= 11 is 0. The number of anilines is 7. The van der Waals surface area contributed by atoms with E-state index in [1.54, 1.807) is 48.5 Å². The second-order valence-electron chi connectivity index (χ2n) is 6.25. The summed E-state index contributed by atoms with van der Waals surface area (Å²) in [6.07, 6.45) is 1.40. The third-order valence-electron chi connectivity index (χ3n) is 3.82. The van der Waals surface area contributed by atoms with Gasteiger partial charge in [-0.05, 0) is 48.5 Å². The van der Waals surface area contributed by atoms with Crippen LogP contribution in [0.2, 0.25) is 0 Å². The van der Waals surface area contributed by atoms with Crippen molar-refractivity contribution in [3.05, 3.63) is 54.9 Å². The van der Waals surface area contributed by atoms with Crippen LogP contribution in [0.25, 0.3) is 0 Å². The van der Waals surface area contributed by atoms with Crippen LogP contribution in [0.15, 0.2) is 54.9 Å². The van der Waals surface area contributed by atoms with E-state index in [1.807, 2.05) is 0 Å². The van der Waals surface area contributed by atoms with Crippen LogP contribution in [-0.2, 0) is 9.59 Å². The van der Waals surface area contributed by atoms with Crippen LogP contribution in [-0.4, -0.2) is 21.8 Å². The monoisotopic (exact) mass is 391 g/mol. The lowest BCUT2D eigenvalue weighted by atomic mass is 10.2. The van der Waals surface area contributed by atoms with Gasteiger partial charge in [0, 0.05) is 36.6 Å². The Morgan fingerprint density at radius 2 is 1.03 bits per heavy atom. The second kappa shape index (κ2) is 8.70. The molecule has 0 fully saturated rings. The van der Waals surface area contributed by atoms with E-state index in [0.29, 0.717) is 28.7 Å². The molecule has 2 aromatic carbocycles. The summed E-state index contributed by atoms with van der Waals surface area (Å²) in [5.74, 6) is 0.632. The molecule has 0 atom stereocenters. The Bertz CT molecular complexity index is 938. The Kier molecular flexibility index (Phi) is 5.88. The number of nitrogens with one attached hydrogen (secondary N) is 4. The molecule has 9 heteroatoms. The normalized spacial score (nSPS) is 10.1. The minimum atomic E-state index is -0.133. The van der Waals surface area contributed by atoms with Gasteiger partial charge in [-0.3, -0.25) is 9.59 Å². The van der Waals surface area contributed by atoms with Gasteiger partial charge in [-0.1, -0.05) is 0 Å². The van der Waals surface area contributed by atoms with Crippen molar-refractivity contribution in [2.75, 3.05) is 27.0 Å². The van der Waals surface area contributed by atoms with Gasteiger partial charge >= 0.3 is 0 Å². The third kappa shape index (κ3) is 5.42. The molecule has 1 aromatic heterocycles. The van der Waals surface area contributed by atoms with Crippen LogP contribution in [0.3, 0.4) is 0 Å². The smallest absolute Gasteiger partial charge is 0.221 e. The first kappa shape index (κ1) is 19.6. The van der Waals surface area contributed by atoms with Crippen molar-refractivity contribution in [2.24, 2.45) is 0 Å². The molecule has 0 saturated heterocycles. The van der Waals surface area contributed by atoms with Crippen LogP contribution in [0.1, 0.15) is 13.8 Å². The van der Waals surface area contributed by atoms with Crippen molar-refractivity contribution in [1.82, 2.24) is 9.97 Å². The predicted molar refractivity (Wildman–Crippen MR) is 115 cm³/mol. The topological polar surface area (TPSA) is 134 Å². The number of aromatic nitrogens is 2. The second-order valence-corrected chi connectivity index (χ2v) is 6.25. The first-order valence-electron chi connectivity index (χ1n) is 8.80. The first-order valence-corrected chi connectivity index (χ1v) is 8.80. The van der Waals surface area contributed by atoms with E-state index < -0.39 is 0 Å². The summed E-state index contributed by atoms with van der Waals surface area (Å²) in [5.41, 5.74) is 9.47. The number of carbonyl (C=O) groups is 2. The van der Waals surface area contributed by atoms with Crippen LogP contribution < -0.4 is 27.0 Å². The van der Waals surface area contributed by atoms with Crippen molar-refractivity contribution in [3.8, 4) is 0 Å². The summed E-state index contributed by atoms with van der Waals surface area (Å²) in [5, 5.41) is 11.7. The Balaban J connectivity index is 1.72. The first-order chi connectivity index (χ1) is 13.9. The van der Waals surface area contributed by atoms with Gasteiger partial charge in [0.15, 0.2) is 11.6 Å². The third-order valence-corrected chi connectivity index (χ3v) is 3.82. The van der Waals surface area contributed by atoms with Crippen molar-refractivity contribution in [1.29, 1.82) is 0 Å². The van der Waals surface area contributed by atoms with Crippen LogP contribution in [0, 0.1) is 0 Å². The summed E-state index contributed by atoms with van der Waals surface area (Å²) in [6.45, 7) is 2.91. The fraction of sp³-hybridized carbons (Fsp3) is 0.100. The minimum absolute atomic E-state index is 0.133. The Morgan fingerprint density at radius 1 is 0.690 bits per heavy atom. The molecule has 0 spiro atoms. The zero-order chi connectivity index (χ0) is 20.8. The van der Waals surface area contributed by atoms with Gasteiger partial charge in [-0.2, -0.15) is 0 Å². The number of nitrogens with two attached hydrogens (primary N) is 1. The summed E-state index contributed by atoms with van der Waals surface area (Å²) in [7, 11) is 0. The fourth-order valence-electron chi connectivity index (χ4n) is 2.55. The molecule has 9 nitrogen and oxygen atoms in total. The molecule has 0 unspecified atom stereocenters. The van der Waals surface area contributed by atoms with Crippen LogP contribution >= 0.6 is 0 Å². The largest absolute Gasteiger partial charge is 0.393 e. The average molecular weight is 391 g/mol. The highest BCUT2D eigenvalue weighted by Gasteiger charge is 2.09. The number of amides is 2. The highest BCUT2D eigenvalue weighted by molar-refractivity contribution is 5.89. The highest BCUT2D eigenvalue weighted by atomic mass is 16.2. The SMILES string of the molecule is CC(=O)Nc1ccc(Nc2ncnc(Nc3ccc(NC(C)=O)cc3)c2N)cc1. The number of hydrogen-bond donors (Lipinski definition) is 5. The van der Waals surface area contributed by atoms with Gasteiger partial charge in [-0.25, -0.2) is 9.97 Å². The molecule has 6 N–H and O–H groups in total. The molecule has 0 saturated carbocycles. The van der Waals surface area contributed by atoms with E-state index in [-0.39, 0.29) is 11.8 Å². The zero-order valence-corrected chi connectivity index (χ0v) is 16.0. The zero-order valence-electron chi connectivity index (χ0n) is 16.0. The molecule has 3 aromatic rings. The van der Waals surface area contributed by atoms with Gasteiger partial charge in [0.05, 0.1) is 0 Å². The quantitative estimate of drug-likeness (QED) is 0.434. The molecule has 0 aliphatic carbocycles. The molecule has 2 amide bonds. The molecule has 0 aliphatic heterocycles. The molecule has 1 heterocycles. The standard InChI is InChI=1S/C20H21N7O2/c1-12(28)24-14-3-7-16(8-4-14)26-19-18(21)20(23-11-22-19)27-17-9-5-15(6-10-17)25-13(2)29/h3-11H,21H2,1-2H3,(H,24,28)(H,25,29)(H2,22,23,26,27). The highest BCUT2D eigenvalue weighted by Crippen LogP contribution is 2.28. The fourth-order valence-corrected chi connectivity index (χ4v) is 2.55. The van der Waals surface area contributed by atoms with Crippen molar-refractivity contribution < 1.29 is 9.59 Å². The number of nitrogen functional groups attached to an aromatic ring is 1. The molecular weight excluding hydrogens is 370 g/mol. The van der Waals surface area contributed by atoms with E-state index in [1.165, 1.54) is 20.2 Å². The number of rotatable bonds is 6. The molecule has 0 radical (unpaired) electrons. The lowest BCUT2D eigenvalue weighted by Gasteiger charge is -2.13. The predicted octanol–water partition coefficient (Wildman–Crippen LogP) is 3.46. The van der Waals surface area contributed by atoms with Crippen molar-refractivity contribution in [2.45, 2.75) is 13.8 Å². The summed E-state index contributed by atoms with van der Waals surface area (Å²) in [6, 6.07) is 14.3. The lowest BCUT2D eigenvalue weighted by Crippen LogP contribution is -2.07. The molecular formula is C20H21N7O2. The Hall–Kier alpha value is -4.14. The van der Waals surface area contributed by atoms with E-state index in [2.05, 4.69) is 31.2 Å². The molecule has 0 aliphatic rings. The molecule has 29 heavy (non-hydrogen) atoms. The van der Waals surface area contributed by atoms with Gasteiger partial charge in [0.25, 0.3) is 0 Å². The lowest BCUT2D eigenvalue weighted by molar-refractivity contribution is -0.115. The average Bonchev–Trinajstić information content (AvgIpc) is 2.67. The maximum Gasteiger partial charge on any atom is 0.221 e. The van der Waals surface area contributed by atoms with Gasteiger partial charge in [0.1, 0.15) is 12.0 Å². The minimum Gasteiger partial charge on any atom is -0.393 e. The summed E-state index contributed by atoms with van der Waals surface area (Å²) < 4.78 is 0. The van der Waals surface area contributed by atoms with Crippen molar-refractivity contribution >= 4 is 51.9 Å². The van der Waals surface area contributed by atoms with E-state index in [4.69, 9.17) is 5.73 Å². The number of hydrogen-bond acceptors (Lipinski definition) is 7. The molecule has 3 rings (SSSR count).